The van der Waals surface area contributed by atoms with E-state index in [1.54, 1.807) is 12.1 Å². The van der Waals surface area contributed by atoms with Gasteiger partial charge in [0.25, 0.3) is 0 Å². The summed E-state index contributed by atoms with van der Waals surface area (Å²) >= 11 is 0. The van der Waals surface area contributed by atoms with Gasteiger partial charge in [-0.3, -0.25) is 9.78 Å². The van der Waals surface area contributed by atoms with Gasteiger partial charge in [-0.15, -0.1) is 0 Å². The van der Waals surface area contributed by atoms with Gasteiger partial charge in [-0.05, 0) is 30.2 Å². The van der Waals surface area contributed by atoms with E-state index in [1.807, 2.05) is 6.07 Å². The Balaban J connectivity index is 2.45. The number of Topliss-reactive ketones (excluding diaryl/α,β-unsaturated/α-hetero) is 1. The highest BCUT2D eigenvalue weighted by atomic mass is 19.1. The molecule has 0 aliphatic carbocycles. The number of aryl methyl sites for hydroxylation is 1. The van der Waals surface area contributed by atoms with E-state index in [0.29, 0.717) is 11.6 Å². The van der Waals surface area contributed by atoms with Crippen LogP contribution in [-0.4, -0.2) is 10.8 Å². The van der Waals surface area contributed by atoms with Gasteiger partial charge in [-0.25, -0.2) is 8.78 Å². The molecule has 0 saturated carbocycles. The van der Waals surface area contributed by atoms with Crippen LogP contribution in [0.4, 0.5) is 8.78 Å². The number of pyridine rings is 1. The first kappa shape index (κ1) is 13.8. The van der Waals surface area contributed by atoms with Crippen LogP contribution in [0.2, 0.25) is 0 Å². The summed E-state index contributed by atoms with van der Waals surface area (Å²) in [5.41, 5.74) is 0.235. The van der Waals surface area contributed by atoms with Crippen molar-refractivity contribution in [3.63, 3.8) is 0 Å². The lowest BCUT2D eigenvalue weighted by molar-refractivity contribution is 0.0974. The molecule has 0 radical (unpaired) electrons. The molecule has 5 heteroatoms. The van der Waals surface area contributed by atoms with Crippen molar-refractivity contribution in [2.45, 2.75) is 12.8 Å². The molecule has 1 aromatic heterocycles. The molecular formula is C15H10F2N2O. The number of halogens is 2. The summed E-state index contributed by atoms with van der Waals surface area (Å²) in [7, 11) is 0. The largest absolute Gasteiger partial charge is 0.292 e. The van der Waals surface area contributed by atoms with Gasteiger partial charge < -0.3 is 0 Å². The van der Waals surface area contributed by atoms with Gasteiger partial charge in [0.15, 0.2) is 5.78 Å². The highest BCUT2D eigenvalue weighted by Crippen LogP contribution is 2.23. The molecule has 0 fully saturated rings. The fourth-order valence-electron chi connectivity index (χ4n) is 1.83. The number of ketones is 1. The van der Waals surface area contributed by atoms with Crippen molar-refractivity contribution in [3.05, 3.63) is 65.0 Å². The van der Waals surface area contributed by atoms with Crippen LogP contribution in [0.15, 0.2) is 36.7 Å². The van der Waals surface area contributed by atoms with Crippen LogP contribution in [0, 0.1) is 29.9 Å². The number of nitriles is 1. The summed E-state index contributed by atoms with van der Waals surface area (Å²) in [6.45, 7) is 1.43. The molecule has 20 heavy (non-hydrogen) atoms. The van der Waals surface area contributed by atoms with Crippen molar-refractivity contribution >= 4 is 5.78 Å². The monoisotopic (exact) mass is 272 g/mol. The molecule has 0 aliphatic heterocycles. The van der Waals surface area contributed by atoms with Crippen molar-refractivity contribution in [2.75, 3.05) is 0 Å². The predicted octanol–water partition coefficient (Wildman–Crippen LogP) is 3.16. The Hall–Kier alpha value is -2.61. The van der Waals surface area contributed by atoms with Crippen molar-refractivity contribution in [1.82, 2.24) is 4.98 Å². The minimum absolute atomic E-state index is 0.151. The van der Waals surface area contributed by atoms with Gasteiger partial charge in [0.2, 0.25) is 0 Å². The minimum atomic E-state index is -1.16. The van der Waals surface area contributed by atoms with Crippen LogP contribution in [0.25, 0.3) is 0 Å². The van der Waals surface area contributed by atoms with Crippen molar-refractivity contribution in [2.24, 2.45) is 0 Å². The molecule has 0 saturated heterocycles. The number of hydrogen-bond donors (Lipinski definition) is 0. The van der Waals surface area contributed by atoms with Gasteiger partial charge in [-0.2, -0.15) is 5.26 Å². The Labute approximate surface area is 114 Å². The lowest BCUT2D eigenvalue weighted by Crippen LogP contribution is -2.14. The fraction of sp³-hybridized carbons (Fsp3) is 0.133. The van der Waals surface area contributed by atoms with Gasteiger partial charge in [0.05, 0.1) is 11.6 Å². The molecule has 1 atom stereocenters. The van der Waals surface area contributed by atoms with Crippen LogP contribution in [-0.2, 0) is 0 Å². The highest BCUT2D eigenvalue weighted by molar-refractivity contribution is 6.03. The van der Waals surface area contributed by atoms with Gasteiger partial charge >= 0.3 is 0 Å². The predicted molar refractivity (Wildman–Crippen MR) is 68.0 cm³/mol. The smallest absolute Gasteiger partial charge is 0.187 e. The van der Waals surface area contributed by atoms with Crippen molar-refractivity contribution in [3.8, 4) is 6.07 Å². The van der Waals surface area contributed by atoms with E-state index < -0.39 is 23.3 Å². The van der Waals surface area contributed by atoms with E-state index in [9.17, 15) is 13.6 Å². The van der Waals surface area contributed by atoms with Gasteiger partial charge in [-0.1, -0.05) is 6.07 Å². The van der Waals surface area contributed by atoms with Crippen LogP contribution >= 0.6 is 0 Å². The van der Waals surface area contributed by atoms with E-state index in [1.165, 1.54) is 19.3 Å². The van der Waals surface area contributed by atoms with Crippen molar-refractivity contribution in [1.29, 1.82) is 5.26 Å². The summed E-state index contributed by atoms with van der Waals surface area (Å²) in [5, 5.41) is 9.13. The second-order valence-electron chi connectivity index (χ2n) is 4.29. The molecule has 3 nitrogen and oxygen atoms in total. The van der Waals surface area contributed by atoms with Crippen LogP contribution in [0.5, 0.6) is 0 Å². The SMILES string of the molecule is Cc1cc(C(=O)C(C#N)c2cccnc2)c(F)cc1F. The van der Waals surface area contributed by atoms with E-state index in [-0.39, 0.29) is 11.1 Å². The maximum absolute atomic E-state index is 13.7. The molecule has 1 heterocycles. The molecule has 0 amide bonds. The minimum Gasteiger partial charge on any atom is -0.292 e. The first-order valence-electron chi connectivity index (χ1n) is 5.84. The third kappa shape index (κ3) is 2.54. The molecule has 0 aliphatic rings. The van der Waals surface area contributed by atoms with Crippen molar-refractivity contribution < 1.29 is 13.6 Å². The van der Waals surface area contributed by atoms with Crippen LogP contribution in [0.1, 0.15) is 27.4 Å². The average molecular weight is 272 g/mol. The first-order chi connectivity index (χ1) is 9.54. The maximum Gasteiger partial charge on any atom is 0.187 e. The van der Waals surface area contributed by atoms with Crippen LogP contribution in [0.3, 0.4) is 0 Å². The zero-order chi connectivity index (χ0) is 14.7. The lowest BCUT2D eigenvalue weighted by atomic mass is 9.92. The molecule has 1 unspecified atom stereocenters. The van der Waals surface area contributed by atoms with E-state index in [0.717, 1.165) is 6.07 Å². The molecule has 0 bridgehead atoms. The summed E-state index contributed by atoms with van der Waals surface area (Å²) in [4.78, 5) is 16.1. The molecule has 0 N–H and O–H groups in total. The van der Waals surface area contributed by atoms with E-state index >= 15 is 0 Å². The zero-order valence-electron chi connectivity index (χ0n) is 10.6. The van der Waals surface area contributed by atoms with Gasteiger partial charge in [0.1, 0.15) is 17.6 Å². The molecule has 1 aromatic carbocycles. The first-order valence-corrected chi connectivity index (χ1v) is 5.84. The Kier molecular flexibility index (Phi) is 3.85. The second-order valence-corrected chi connectivity index (χ2v) is 4.29. The topological polar surface area (TPSA) is 53.8 Å². The molecule has 100 valence electrons. The van der Waals surface area contributed by atoms with Gasteiger partial charge in [0, 0.05) is 18.5 Å². The highest BCUT2D eigenvalue weighted by Gasteiger charge is 2.25. The zero-order valence-corrected chi connectivity index (χ0v) is 10.6. The fourth-order valence-corrected chi connectivity index (χ4v) is 1.83. The maximum atomic E-state index is 13.7. The average Bonchev–Trinajstić information content (AvgIpc) is 2.44. The molecule has 2 aromatic rings. The number of nitrogens with zero attached hydrogens (tertiary/aromatic N) is 2. The van der Waals surface area contributed by atoms with E-state index in [4.69, 9.17) is 5.26 Å². The summed E-state index contributed by atoms with van der Waals surface area (Å²) in [6.07, 6.45) is 2.88. The molecular weight excluding hydrogens is 262 g/mol. The third-order valence-electron chi connectivity index (χ3n) is 2.92. The summed E-state index contributed by atoms with van der Waals surface area (Å²) < 4.78 is 26.9. The Bertz CT molecular complexity index is 693. The quantitative estimate of drug-likeness (QED) is 0.806. The second kappa shape index (κ2) is 5.57. The Morgan fingerprint density at radius 3 is 2.70 bits per heavy atom. The molecule has 2 rings (SSSR count). The van der Waals surface area contributed by atoms with E-state index in [2.05, 4.69) is 4.98 Å². The third-order valence-corrected chi connectivity index (χ3v) is 2.92. The molecule has 0 spiro atoms. The number of aromatic nitrogens is 1. The lowest BCUT2D eigenvalue weighted by Gasteiger charge is -2.10. The Morgan fingerprint density at radius 2 is 2.10 bits per heavy atom. The summed E-state index contributed by atoms with van der Waals surface area (Å²) in [6, 6.07) is 6.74. The summed E-state index contributed by atoms with van der Waals surface area (Å²) in [5.74, 6) is -3.57. The number of benzene rings is 1. The number of carbonyl (C=O) groups is 1. The number of rotatable bonds is 3. The van der Waals surface area contributed by atoms with Crippen LogP contribution < -0.4 is 0 Å². The normalized spacial score (nSPS) is 11.7. The number of hydrogen-bond acceptors (Lipinski definition) is 3. The standard InChI is InChI=1S/C15H10F2N2O/c1-9-5-11(14(17)6-13(9)16)15(20)12(7-18)10-3-2-4-19-8-10/h2-6,8,12H,1H3. The Morgan fingerprint density at radius 1 is 1.35 bits per heavy atom. The number of carbonyl (C=O) groups excluding carboxylic acids is 1.